The van der Waals surface area contributed by atoms with E-state index in [2.05, 4.69) is 30.4 Å². The number of carboxylic acids is 1. The molecule has 4 heterocycles. The molecule has 2 saturated heterocycles. The second-order valence-electron chi connectivity index (χ2n) is 11.4. The predicted octanol–water partition coefficient (Wildman–Crippen LogP) is -0.573. The average molecular weight is 694 g/mol. The Morgan fingerprint density at radius 2 is 2.06 bits per heavy atom. The van der Waals surface area contributed by atoms with Crippen LogP contribution in [0.4, 0.5) is 10.9 Å². The number of benzene rings is 1. The molecule has 0 radical (unpaired) electrons. The van der Waals surface area contributed by atoms with Gasteiger partial charge in [0.2, 0.25) is 0 Å². The molecule has 0 aliphatic carbocycles. The van der Waals surface area contributed by atoms with Gasteiger partial charge in [0.15, 0.2) is 10.8 Å². The predicted molar refractivity (Wildman–Crippen MR) is 167 cm³/mol. The van der Waals surface area contributed by atoms with Gasteiger partial charge in [-0.3, -0.25) is 19.5 Å². The van der Waals surface area contributed by atoms with Crippen molar-refractivity contribution in [2.75, 3.05) is 37.3 Å². The van der Waals surface area contributed by atoms with Crippen LogP contribution in [0.2, 0.25) is 0 Å². The molecule has 2 fully saturated rings. The molecule has 0 bridgehead atoms. The normalized spacial score (nSPS) is 18.6. The number of carbonyl (C=O) groups is 3. The number of aryl methyl sites for hydroxylation is 1. The fourth-order valence-electron chi connectivity index (χ4n) is 4.85. The fraction of sp³-hybridized carbons (Fsp3) is 0.407. The highest BCUT2D eigenvalue weighted by Crippen LogP contribution is 2.33. The molecule has 2 aromatic heterocycles. The van der Waals surface area contributed by atoms with Gasteiger partial charge in [-0.25, -0.2) is 14.3 Å². The zero-order valence-corrected chi connectivity index (χ0v) is 27.0. The van der Waals surface area contributed by atoms with Crippen LogP contribution in [-0.4, -0.2) is 95.5 Å². The van der Waals surface area contributed by atoms with Crippen LogP contribution in [0.5, 0.6) is 5.75 Å². The molecule has 252 valence electrons. The van der Waals surface area contributed by atoms with Crippen molar-refractivity contribution in [3.05, 3.63) is 41.5 Å². The van der Waals surface area contributed by atoms with Crippen LogP contribution in [0.3, 0.4) is 0 Å². The number of β-lactam (4-membered cyclic amide) rings is 1. The highest BCUT2D eigenvalue weighted by atomic mass is 32.3. The van der Waals surface area contributed by atoms with E-state index in [4.69, 9.17) is 19.9 Å². The first-order valence-electron chi connectivity index (χ1n) is 14.1. The maximum atomic E-state index is 13.3. The molecule has 5 rings (SSSR count). The maximum Gasteiger partial charge on any atom is 0.418 e. The van der Waals surface area contributed by atoms with Crippen LogP contribution in [0.25, 0.3) is 10.8 Å². The van der Waals surface area contributed by atoms with Gasteiger partial charge in [0.05, 0.1) is 30.7 Å². The largest absolute Gasteiger partial charge is 0.489 e. The first-order chi connectivity index (χ1) is 22.1. The number of nitrogens with two attached hydrogens (primary N) is 1. The highest BCUT2D eigenvalue weighted by Gasteiger charge is 2.58. The number of nitrogens with one attached hydrogen (secondary N) is 3. The number of ether oxygens (including phenoxy) is 1. The molecule has 20 heteroatoms. The lowest BCUT2D eigenvalue weighted by Crippen LogP contribution is -2.76. The van der Waals surface area contributed by atoms with Gasteiger partial charge >= 0.3 is 16.4 Å². The van der Waals surface area contributed by atoms with Gasteiger partial charge in [0, 0.05) is 24.4 Å². The number of aromatic nitrogens is 2. The van der Waals surface area contributed by atoms with Crippen molar-refractivity contribution in [2.24, 2.45) is 18.1 Å². The second-order valence-corrected chi connectivity index (χ2v) is 13.3. The number of fused-ring (bicyclic) bond motifs is 1. The minimum atomic E-state index is -5.01. The van der Waals surface area contributed by atoms with Crippen molar-refractivity contribution < 1.29 is 50.9 Å². The molecule has 0 spiro atoms. The molecule has 2 atom stereocenters. The van der Waals surface area contributed by atoms with E-state index < -0.39 is 58.2 Å². The number of nitrogens with zero attached hydrogens (tertiary/aromatic N) is 4. The van der Waals surface area contributed by atoms with E-state index in [1.54, 1.807) is 12.1 Å². The zero-order chi connectivity index (χ0) is 34.1. The highest BCUT2D eigenvalue weighted by molar-refractivity contribution is 7.80. The minimum absolute atomic E-state index is 0.0645. The van der Waals surface area contributed by atoms with Crippen molar-refractivity contribution >= 4 is 67.0 Å². The van der Waals surface area contributed by atoms with E-state index in [-0.39, 0.29) is 10.8 Å². The van der Waals surface area contributed by atoms with Crippen molar-refractivity contribution in [1.29, 1.82) is 0 Å². The Labute approximate surface area is 272 Å². The van der Waals surface area contributed by atoms with Crippen molar-refractivity contribution in [3.63, 3.8) is 0 Å². The summed E-state index contributed by atoms with van der Waals surface area (Å²) < 4.78 is 43.2. The summed E-state index contributed by atoms with van der Waals surface area (Å²) in [5.41, 5.74) is 3.70. The average Bonchev–Trinajstić information content (AvgIpc) is 3.41. The van der Waals surface area contributed by atoms with Gasteiger partial charge in [-0.15, -0.1) is 15.6 Å². The molecule has 2 amide bonds. The Morgan fingerprint density at radius 1 is 1.32 bits per heavy atom. The number of pyridine rings is 1. The monoisotopic (exact) mass is 693 g/mol. The van der Waals surface area contributed by atoms with E-state index in [1.807, 2.05) is 29.9 Å². The number of carbonyl (C=O) groups excluding carboxylic acids is 2. The number of amides is 2. The number of hydrogen-bond acceptors (Lipinski definition) is 14. The second kappa shape index (κ2) is 13.2. The van der Waals surface area contributed by atoms with Gasteiger partial charge < -0.3 is 31.0 Å². The topological polar surface area (TPSA) is 248 Å². The van der Waals surface area contributed by atoms with Crippen LogP contribution in [0, 0.1) is 5.92 Å². The lowest BCUT2D eigenvalue weighted by molar-refractivity contribution is -0.656. The molecule has 2 aliphatic heterocycles. The van der Waals surface area contributed by atoms with Gasteiger partial charge in [-0.05, 0) is 43.5 Å². The summed E-state index contributed by atoms with van der Waals surface area (Å²) in [4.78, 5) is 47.1. The lowest BCUT2D eigenvalue weighted by atomic mass is 9.84. The zero-order valence-electron chi connectivity index (χ0n) is 25.4. The molecule has 1 aromatic carbocycles. The number of oxime groups is 1. The SMILES string of the molecule is C[n+]1ccc2cc(OCC(O/N=C(\C(=O)NC3C(=O)N(OS(=O)(=O)O)C3(C)C)c3csc(N)n3)C(=O)O)ccc2c1NCC1CNC1. The fourth-order valence-corrected chi connectivity index (χ4v) is 5.85. The summed E-state index contributed by atoms with van der Waals surface area (Å²) in [7, 11) is -3.08. The number of nitrogen functional groups attached to an aromatic ring is 1. The summed E-state index contributed by atoms with van der Waals surface area (Å²) in [5.74, 6) is -1.59. The summed E-state index contributed by atoms with van der Waals surface area (Å²) in [6.07, 6.45) is 0.229. The molecule has 18 nitrogen and oxygen atoms in total. The number of hydrogen-bond donors (Lipinski definition) is 6. The van der Waals surface area contributed by atoms with Gasteiger partial charge in [-0.1, -0.05) is 5.16 Å². The molecule has 2 unspecified atom stereocenters. The molecule has 47 heavy (non-hydrogen) atoms. The number of aliphatic carboxylic acids is 1. The van der Waals surface area contributed by atoms with E-state index in [1.165, 1.54) is 19.2 Å². The van der Waals surface area contributed by atoms with Gasteiger partial charge in [0.1, 0.15) is 24.1 Å². The first kappa shape index (κ1) is 33.7. The summed E-state index contributed by atoms with van der Waals surface area (Å²) in [5, 5.41) is 26.3. The third-order valence-corrected chi connectivity index (χ3v) is 8.59. The summed E-state index contributed by atoms with van der Waals surface area (Å²) in [6.45, 7) is 4.99. The van der Waals surface area contributed by atoms with E-state index >= 15 is 0 Å². The Hall–Kier alpha value is -4.63. The van der Waals surface area contributed by atoms with Crippen LogP contribution in [0.1, 0.15) is 19.5 Å². The van der Waals surface area contributed by atoms with Crippen LogP contribution >= 0.6 is 11.3 Å². The Bertz CT molecular complexity index is 1840. The number of anilines is 2. The smallest absolute Gasteiger partial charge is 0.418 e. The van der Waals surface area contributed by atoms with Crippen LogP contribution < -0.4 is 31.0 Å². The molecule has 3 aromatic rings. The Morgan fingerprint density at radius 3 is 2.66 bits per heavy atom. The lowest BCUT2D eigenvalue weighted by Gasteiger charge is -2.50. The molecular formula is C27H33N8O10S2+. The molecule has 7 N–H and O–H groups in total. The third kappa shape index (κ3) is 7.52. The molecule has 2 aliphatic rings. The van der Waals surface area contributed by atoms with Crippen LogP contribution in [0.15, 0.2) is 41.0 Å². The summed E-state index contributed by atoms with van der Waals surface area (Å²) in [6, 6.07) is 5.90. The molecule has 0 saturated carbocycles. The van der Waals surface area contributed by atoms with Crippen molar-refractivity contribution in [3.8, 4) is 5.75 Å². The third-order valence-electron chi connectivity index (χ3n) is 7.58. The van der Waals surface area contributed by atoms with Crippen LogP contribution in [-0.2, 0) is 41.0 Å². The standard InChI is InChI=1S/C27H32N8O10S2/c1-27(2)21(24(37)35(27)45-47(40,41)42)32-23(36)20(18-13-46-26(28)31-18)33-44-19(25(38)39)12-43-16-4-5-17-15(8-16)6-7-34(3)22(17)30-11-14-9-29-10-14/h4-8,13-14,19,21,29H,9-12H2,1-3H3,(H5,28,31,32,36,38,39,40,41,42)/p+1/b33-20-. The van der Waals surface area contributed by atoms with Crippen molar-refractivity contribution in [1.82, 2.24) is 20.7 Å². The van der Waals surface area contributed by atoms with E-state index in [9.17, 15) is 27.9 Å². The van der Waals surface area contributed by atoms with E-state index in [0.717, 1.165) is 47.6 Å². The number of hydroxylamine groups is 2. The molecular weight excluding hydrogens is 660 g/mol. The van der Waals surface area contributed by atoms with Gasteiger partial charge in [0.25, 0.3) is 23.7 Å². The first-order valence-corrected chi connectivity index (χ1v) is 16.4. The minimum Gasteiger partial charge on any atom is -0.489 e. The number of rotatable bonds is 14. The van der Waals surface area contributed by atoms with Gasteiger partial charge in [-0.2, -0.15) is 13.5 Å². The number of thiazole rings is 1. The van der Waals surface area contributed by atoms with Crippen molar-refractivity contribution in [2.45, 2.75) is 31.5 Å². The van der Waals surface area contributed by atoms with E-state index in [0.29, 0.717) is 16.7 Å². The Kier molecular flexibility index (Phi) is 9.50. The maximum absolute atomic E-state index is 13.3. The Balaban J connectivity index is 1.29. The quantitative estimate of drug-likeness (QED) is 0.0407. The summed E-state index contributed by atoms with van der Waals surface area (Å²) >= 11 is 0.966. The number of carboxylic acid groups (broad SMARTS) is 1.